The monoisotopic (exact) mass is 503 g/mol. The molecule has 1 atom stereocenters. The Bertz CT molecular complexity index is 1650. The molecule has 0 radical (unpaired) electrons. The topological polar surface area (TPSA) is 127 Å². The number of hydrogen-bond acceptors (Lipinski definition) is 8. The number of cyclic esters (lactones) is 1. The summed E-state index contributed by atoms with van der Waals surface area (Å²) in [6, 6.07) is 14.5. The van der Waals surface area contributed by atoms with Gasteiger partial charge in [0.05, 0.1) is 49.2 Å². The second kappa shape index (κ2) is 8.36. The quantitative estimate of drug-likeness (QED) is 0.114. The molecule has 2 aliphatic heterocycles. The minimum absolute atomic E-state index is 0.0611. The molecule has 0 saturated carbocycles. The Labute approximate surface area is 210 Å². The Morgan fingerprint density at radius 1 is 1.19 bits per heavy atom. The van der Waals surface area contributed by atoms with E-state index in [1.807, 2.05) is 50.5 Å². The molecule has 1 unspecified atom stereocenters. The minimum atomic E-state index is -1.09. The third-order valence-electron chi connectivity index (χ3n) is 6.67. The van der Waals surface area contributed by atoms with Crippen LogP contribution in [0.1, 0.15) is 28.6 Å². The Hall–Kier alpha value is -4.35. The van der Waals surface area contributed by atoms with Gasteiger partial charge in [0, 0.05) is 16.5 Å². The summed E-state index contributed by atoms with van der Waals surface area (Å²) in [5.41, 5.74) is 3.75. The van der Waals surface area contributed by atoms with Crippen LogP contribution in [0.5, 0.6) is 0 Å². The molecule has 0 amide bonds. The van der Waals surface area contributed by atoms with Crippen LogP contribution < -0.4 is 5.56 Å². The Morgan fingerprint density at radius 3 is 2.78 bits per heavy atom. The first-order valence-corrected chi connectivity index (χ1v) is 11.7. The summed E-state index contributed by atoms with van der Waals surface area (Å²) in [6.07, 6.45) is -1.09. The Kier molecular flexibility index (Phi) is 5.21. The molecule has 6 rings (SSSR count). The average Bonchev–Trinajstić information content (AvgIpc) is 3.46. The molecule has 3 aromatic heterocycles. The van der Waals surface area contributed by atoms with Crippen molar-refractivity contribution in [1.82, 2.24) is 9.55 Å². The fraction of sp³-hybridized carbons (Fsp3) is 0.269. The highest BCUT2D eigenvalue weighted by atomic mass is 16.6. The third kappa shape index (κ3) is 3.98. The summed E-state index contributed by atoms with van der Waals surface area (Å²) < 4.78 is 18.5. The maximum atomic E-state index is 13.4. The maximum Gasteiger partial charge on any atom is 0.433 e. The summed E-state index contributed by atoms with van der Waals surface area (Å²) in [7, 11) is 3.68. The first-order chi connectivity index (χ1) is 17.7. The van der Waals surface area contributed by atoms with Crippen LogP contribution >= 0.6 is 0 Å². The molecule has 0 bridgehead atoms. The second-order valence-corrected chi connectivity index (χ2v) is 9.92. The molecular weight excluding hydrogens is 480 g/mol. The molecule has 0 fully saturated rings. The van der Waals surface area contributed by atoms with Crippen molar-refractivity contribution in [3.63, 3.8) is 0 Å². The largest absolute Gasteiger partial charge is 0.458 e. The van der Waals surface area contributed by atoms with Gasteiger partial charge in [-0.15, -0.1) is 0 Å². The molecule has 37 heavy (non-hydrogen) atoms. The van der Waals surface area contributed by atoms with E-state index in [4.69, 9.17) is 18.9 Å². The molecule has 2 aliphatic rings. The zero-order valence-electron chi connectivity index (χ0n) is 20.2. The van der Waals surface area contributed by atoms with Gasteiger partial charge in [0.15, 0.2) is 18.6 Å². The predicted octanol–water partition coefficient (Wildman–Crippen LogP) is 3.28. The summed E-state index contributed by atoms with van der Waals surface area (Å²) in [4.78, 5) is 41.3. The van der Waals surface area contributed by atoms with Gasteiger partial charge < -0.3 is 18.5 Å². The number of esters is 1. The number of pyridine rings is 2. The summed E-state index contributed by atoms with van der Waals surface area (Å²) >= 11 is 0. The highest BCUT2D eigenvalue weighted by Gasteiger charge is 2.37. The molecule has 11 heteroatoms. The molecule has 0 saturated heterocycles. The number of aromatic nitrogens is 2. The number of benzene rings is 1. The van der Waals surface area contributed by atoms with E-state index in [-0.39, 0.29) is 29.3 Å². The van der Waals surface area contributed by atoms with E-state index in [9.17, 15) is 19.7 Å². The van der Waals surface area contributed by atoms with Crippen molar-refractivity contribution in [1.29, 1.82) is 0 Å². The van der Waals surface area contributed by atoms with Gasteiger partial charge in [-0.2, -0.15) is 0 Å². The number of rotatable bonds is 6. The molecule has 188 valence electrons. The van der Waals surface area contributed by atoms with Crippen molar-refractivity contribution >= 4 is 22.8 Å². The van der Waals surface area contributed by atoms with Crippen molar-refractivity contribution in [2.75, 3.05) is 20.8 Å². The van der Waals surface area contributed by atoms with Crippen LogP contribution in [0, 0.1) is 10.1 Å². The van der Waals surface area contributed by atoms with Gasteiger partial charge in [0.25, 0.3) is 5.56 Å². The van der Waals surface area contributed by atoms with Gasteiger partial charge in [-0.3, -0.25) is 19.4 Å². The fourth-order valence-corrected chi connectivity index (χ4v) is 4.91. The molecule has 11 nitrogen and oxygen atoms in total. The summed E-state index contributed by atoms with van der Waals surface area (Å²) in [6.45, 7) is 0.631. The maximum absolute atomic E-state index is 13.4. The lowest BCUT2D eigenvalue weighted by atomic mass is 10.00. The van der Waals surface area contributed by atoms with Crippen LogP contribution in [0.3, 0.4) is 0 Å². The van der Waals surface area contributed by atoms with E-state index in [0.717, 1.165) is 16.5 Å². The van der Waals surface area contributed by atoms with Crippen LogP contribution in [0.2, 0.25) is 0 Å². The molecule has 0 N–H and O–H groups in total. The highest BCUT2D eigenvalue weighted by molar-refractivity contribution is 5.85. The third-order valence-corrected chi connectivity index (χ3v) is 6.67. The van der Waals surface area contributed by atoms with E-state index in [2.05, 4.69) is 0 Å². The Balaban J connectivity index is 1.31. The summed E-state index contributed by atoms with van der Waals surface area (Å²) in [5.74, 6) is -0.496. The van der Waals surface area contributed by atoms with Crippen molar-refractivity contribution in [3.05, 3.63) is 91.4 Å². The molecule has 5 heterocycles. The van der Waals surface area contributed by atoms with E-state index < -0.39 is 17.0 Å². The van der Waals surface area contributed by atoms with Gasteiger partial charge >= 0.3 is 11.9 Å². The zero-order chi connectivity index (χ0) is 25.9. The summed E-state index contributed by atoms with van der Waals surface area (Å²) in [5, 5.41) is 11.9. The number of ether oxygens (including phenoxy) is 2. The predicted molar refractivity (Wildman–Crippen MR) is 130 cm³/mol. The van der Waals surface area contributed by atoms with Gasteiger partial charge in [-0.1, -0.05) is 18.2 Å². The minimum Gasteiger partial charge on any atom is -0.458 e. The van der Waals surface area contributed by atoms with Crippen LogP contribution in [-0.4, -0.2) is 45.8 Å². The first kappa shape index (κ1) is 23.1. The molecule has 0 aliphatic carbocycles. The van der Waals surface area contributed by atoms with Crippen molar-refractivity contribution in [2.45, 2.75) is 25.8 Å². The highest BCUT2D eigenvalue weighted by Crippen LogP contribution is 2.36. The van der Waals surface area contributed by atoms with Crippen molar-refractivity contribution in [3.8, 4) is 11.4 Å². The van der Waals surface area contributed by atoms with E-state index >= 15 is 0 Å². The molecular formula is C26H23N4O7+. The average molecular weight is 503 g/mol. The smallest absolute Gasteiger partial charge is 0.433 e. The number of nitro groups is 1. The van der Waals surface area contributed by atoms with E-state index in [0.29, 0.717) is 41.4 Å². The zero-order valence-corrected chi connectivity index (χ0v) is 20.2. The normalized spacial score (nSPS) is 16.3. The number of para-hydroxylation sites is 1. The number of fused-ring (bicyclic) bond motifs is 5. The van der Waals surface area contributed by atoms with Crippen molar-refractivity contribution < 1.29 is 28.1 Å². The lowest BCUT2D eigenvalue weighted by molar-refractivity contribution is -0.924. The molecule has 1 aromatic carbocycles. The van der Waals surface area contributed by atoms with Gasteiger partial charge in [0.2, 0.25) is 0 Å². The van der Waals surface area contributed by atoms with Crippen LogP contribution in [0.25, 0.3) is 22.3 Å². The fourth-order valence-electron chi connectivity index (χ4n) is 4.91. The second-order valence-electron chi connectivity index (χ2n) is 9.92. The standard InChI is InChI=1S/C26H23N4O7/c1-30(2,12-17-7-8-22(37-17)29(33)34)14-36-24-18-10-21-23-16(9-15-5-3-4-6-20(15)27-23)11-28(21)25(31)19(18)13-35-26(24)32/h3-10,24H,11-14H2,1-2H3/q+1. The van der Waals surface area contributed by atoms with E-state index in [1.165, 1.54) is 6.07 Å². The van der Waals surface area contributed by atoms with Crippen LogP contribution in [0.4, 0.5) is 5.88 Å². The number of carbonyl (C=O) groups is 1. The van der Waals surface area contributed by atoms with E-state index in [1.54, 1.807) is 10.6 Å². The SMILES string of the molecule is C[N+](C)(COC1C(=O)OCc2c1cc1n(c2=O)Cc2cc3ccccc3nc2-1)Cc1ccc([N+](=O)[O-])o1. The molecule has 0 spiro atoms. The lowest BCUT2D eigenvalue weighted by Crippen LogP contribution is -2.43. The number of furan rings is 1. The molecule has 4 aromatic rings. The first-order valence-electron chi connectivity index (χ1n) is 11.7. The number of hydrogen-bond donors (Lipinski definition) is 0. The van der Waals surface area contributed by atoms with Crippen LogP contribution in [-0.2, 0) is 34.0 Å². The number of carbonyl (C=O) groups excluding carboxylic acids is 1. The number of nitrogens with zero attached hydrogens (tertiary/aromatic N) is 4. The van der Waals surface area contributed by atoms with Gasteiger partial charge in [-0.25, -0.2) is 9.78 Å². The van der Waals surface area contributed by atoms with Crippen LogP contribution in [0.15, 0.2) is 57.7 Å². The van der Waals surface area contributed by atoms with Gasteiger partial charge in [0.1, 0.15) is 18.1 Å². The van der Waals surface area contributed by atoms with Crippen molar-refractivity contribution in [2.24, 2.45) is 0 Å². The lowest BCUT2D eigenvalue weighted by Gasteiger charge is -2.31. The van der Waals surface area contributed by atoms with Gasteiger partial charge in [-0.05, 0) is 24.3 Å². The number of quaternary nitrogens is 1. The Morgan fingerprint density at radius 2 is 2.00 bits per heavy atom.